The van der Waals surface area contributed by atoms with Gasteiger partial charge in [-0.1, -0.05) is 53.2 Å². The highest BCUT2D eigenvalue weighted by molar-refractivity contribution is 5.30. The Kier molecular flexibility index (Phi) is 7.68. The Hall–Kier alpha value is -1.02. The molecule has 1 aromatic rings. The maximum Gasteiger partial charge on any atom is 0.119 e. The minimum Gasteiger partial charge on any atom is -0.492 e. The van der Waals surface area contributed by atoms with Crippen LogP contribution < -0.4 is 10.1 Å². The summed E-state index contributed by atoms with van der Waals surface area (Å²) in [7, 11) is 0. The molecule has 0 spiro atoms. The third-order valence-corrected chi connectivity index (χ3v) is 3.94. The van der Waals surface area contributed by atoms with Gasteiger partial charge in [0, 0.05) is 6.04 Å². The lowest BCUT2D eigenvalue weighted by molar-refractivity contribution is 0.220. The average Bonchev–Trinajstić information content (AvgIpc) is 2.47. The van der Waals surface area contributed by atoms with Crippen LogP contribution in [0.1, 0.15) is 58.9 Å². The van der Waals surface area contributed by atoms with E-state index in [0.717, 1.165) is 25.3 Å². The predicted octanol–water partition coefficient (Wildman–Crippen LogP) is 4.60. The zero-order valence-corrected chi connectivity index (χ0v) is 13.8. The maximum absolute atomic E-state index is 6.02. The molecular formula is C18H31NO. The summed E-state index contributed by atoms with van der Waals surface area (Å²) < 4.78 is 6.02. The summed E-state index contributed by atoms with van der Waals surface area (Å²) in [6, 6.07) is 8.90. The minimum atomic E-state index is 0.433. The van der Waals surface area contributed by atoms with E-state index in [9.17, 15) is 0 Å². The van der Waals surface area contributed by atoms with E-state index >= 15 is 0 Å². The zero-order valence-electron chi connectivity index (χ0n) is 13.8. The van der Waals surface area contributed by atoms with Crippen molar-refractivity contribution < 1.29 is 4.74 Å². The fourth-order valence-electron chi connectivity index (χ4n) is 2.19. The molecule has 1 rings (SSSR count). The third kappa shape index (κ3) is 5.54. The highest BCUT2D eigenvalue weighted by Gasteiger charge is 2.15. The topological polar surface area (TPSA) is 21.3 Å². The van der Waals surface area contributed by atoms with Gasteiger partial charge >= 0.3 is 0 Å². The molecule has 2 heteroatoms. The van der Waals surface area contributed by atoms with Crippen LogP contribution in [0.25, 0.3) is 0 Å². The Bertz CT molecular complexity index is 375. The van der Waals surface area contributed by atoms with E-state index < -0.39 is 0 Å². The molecule has 2 unspecified atom stereocenters. The first-order valence-corrected chi connectivity index (χ1v) is 8.04. The molecule has 0 aliphatic heterocycles. The molecule has 0 saturated heterocycles. The Labute approximate surface area is 124 Å². The molecule has 0 radical (unpaired) electrons. The summed E-state index contributed by atoms with van der Waals surface area (Å²) in [4.78, 5) is 0. The van der Waals surface area contributed by atoms with Crippen LogP contribution in [0, 0.1) is 5.92 Å². The van der Waals surface area contributed by atoms with Crippen LogP contribution in [0.5, 0.6) is 5.75 Å². The van der Waals surface area contributed by atoms with Crippen molar-refractivity contribution in [2.45, 2.75) is 59.4 Å². The summed E-state index contributed by atoms with van der Waals surface area (Å²) in [6.45, 7) is 13.0. The minimum absolute atomic E-state index is 0.433. The van der Waals surface area contributed by atoms with Gasteiger partial charge in [0.05, 0.1) is 0 Å². The molecule has 0 aromatic heterocycles. The summed E-state index contributed by atoms with van der Waals surface area (Å²) in [5, 5.41) is 3.60. The van der Waals surface area contributed by atoms with Crippen LogP contribution in [-0.4, -0.2) is 19.2 Å². The van der Waals surface area contributed by atoms with Gasteiger partial charge in [-0.2, -0.15) is 0 Å². The van der Waals surface area contributed by atoms with Crippen LogP contribution in [-0.2, 0) is 0 Å². The first kappa shape index (κ1) is 17.0. The molecule has 2 atom stereocenters. The Morgan fingerprint density at radius 3 is 2.50 bits per heavy atom. The van der Waals surface area contributed by atoms with E-state index in [1.165, 1.54) is 12.0 Å². The molecule has 0 bridgehead atoms. The Morgan fingerprint density at radius 2 is 1.90 bits per heavy atom. The lowest BCUT2D eigenvalue weighted by Crippen LogP contribution is -2.40. The van der Waals surface area contributed by atoms with Gasteiger partial charge in [0.2, 0.25) is 0 Å². The molecule has 114 valence electrons. The number of rotatable bonds is 9. The quantitative estimate of drug-likeness (QED) is 0.712. The van der Waals surface area contributed by atoms with E-state index in [1.807, 2.05) is 0 Å². The first-order valence-electron chi connectivity index (χ1n) is 8.04. The predicted molar refractivity (Wildman–Crippen MR) is 87.6 cm³/mol. The van der Waals surface area contributed by atoms with E-state index in [1.54, 1.807) is 0 Å². The fraction of sp³-hybridized carbons (Fsp3) is 0.667. The van der Waals surface area contributed by atoms with Crippen LogP contribution >= 0.6 is 0 Å². The van der Waals surface area contributed by atoms with Gasteiger partial charge in [-0.05, 0) is 42.5 Å². The summed E-state index contributed by atoms with van der Waals surface area (Å²) in [5.41, 5.74) is 1.34. The SMILES string of the molecule is CCCNC(COc1cccc(C(C)C)c1)C(C)CC. The van der Waals surface area contributed by atoms with Crippen molar-refractivity contribution in [2.24, 2.45) is 5.92 Å². The van der Waals surface area contributed by atoms with E-state index in [4.69, 9.17) is 4.74 Å². The molecule has 1 N–H and O–H groups in total. The van der Waals surface area contributed by atoms with Gasteiger partial charge < -0.3 is 10.1 Å². The van der Waals surface area contributed by atoms with Gasteiger partial charge in [-0.3, -0.25) is 0 Å². The Morgan fingerprint density at radius 1 is 1.15 bits per heavy atom. The molecule has 20 heavy (non-hydrogen) atoms. The molecule has 0 aliphatic carbocycles. The number of nitrogens with one attached hydrogen (secondary N) is 1. The van der Waals surface area contributed by atoms with E-state index in [0.29, 0.717) is 17.9 Å². The second-order valence-corrected chi connectivity index (χ2v) is 5.98. The molecule has 0 aliphatic rings. The third-order valence-electron chi connectivity index (χ3n) is 3.94. The summed E-state index contributed by atoms with van der Waals surface area (Å²) in [6.07, 6.45) is 2.34. The van der Waals surface area contributed by atoms with Crippen molar-refractivity contribution in [2.75, 3.05) is 13.2 Å². The van der Waals surface area contributed by atoms with Crippen molar-refractivity contribution in [3.05, 3.63) is 29.8 Å². The molecule has 0 saturated carbocycles. The van der Waals surface area contributed by atoms with Crippen molar-refractivity contribution in [3.63, 3.8) is 0 Å². The summed E-state index contributed by atoms with van der Waals surface area (Å²) >= 11 is 0. The van der Waals surface area contributed by atoms with E-state index in [2.05, 4.69) is 64.2 Å². The van der Waals surface area contributed by atoms with Crippen molar-refractivity contribution in [1.82, 2.24) is 5.32 Å². The van der Waals surface area contributed by atoms with Gasteiger partial charge in [0.15, 0.2) is 0 Å². The first-order chi connectivity index (χ1) is 9.58. The van der Waals surface area contributed by atoms with Crippen LogP contribution in [0.4, 0.5) is 0 Å². The van der Waals surface area contributed by atoms with Crippen LogP contribution in [0.3, 0.4) is 0 Å². The number of hydrogen-bond acceptors (Lipinski definition) is 2. The second-order valence-electron chi connectivity index (χ2n) is 5.98. The van der Waals surface area contributed by atoms with Crippen molar-refractivity contribution in [1.29, 1.82) is 0 Å². The molecular weight excluding hydrogens is 246 g/mol. The maximum atomic E-state index is 6.02. The standard InChI is InChI=1S/C18H31NO/c1-6-11-19-18(15(5)7-2)13-20-17-10-8-9-16(12-17)14(3)4/h8-10,12,14-15,18-19H,6-7,11,13H2,1-5H3. The van der Waals surface area contributed by atoms with Crippen LogP contribution in [0.15, 0.2) is 24.3 Å². The average molecular weight is 277 g/mol. The van der Waals surface area contributed by atoms with Crippen molar-refractivity contribution >= 4 is 0 Å². The highest BCUT2D eigenvalue weighted by Crippen LogP contribution is 2.20. The number of ether oxygens (including phenoxy) is 1. The lowest BCUT2D eigenvalue weighted by atomic mass is 9.99. The highest BCUT2D eigenvalue weighted by atomic mass is 16.5. The largest absolute Gasteiger partial charge is 0.492 e. The van der Waals surface area contributed by atoms with Gasteiger partial charge in [-0.15, -0.1) is 0 Å². The molecule has 1 aromatic carbocycles. The second kappa shape index (κ2) is 9.02. The fourth-order valence-corrected chi connectivity index (χ4v) is 2.19. The van der Waals surface area contributed by atoms with E-state index in [-0.39, 0.29) is 0 Å². The van der Waals surface area contributed by atoms with Gasteiger partial charge in [-0.25, -0.2) is 0 Å². The smallest absolute Gasteiger partial charge is 0.119 e. The van der Waals surface area contributed by atoms with Gasteiger partial charge in [0.1, 0.15) is 12.4 Å². The zero-order chi connectivity index (χ0) is 15.0. The Balaban J connectivity index is 2.59. The molecule has 2 nitrogen and oxygen atoms in total. The summed E-state index contributed by atoms with van der Waals surface area (Å²) in [5.74, 6) is 2.17. The molecule has 0 amide bonds. The number of hydrogen-bond donors (Lipinski definition) is 1. The molecule has 0 heterocycles. The molecule has 0 fully saturated rings. The lowest BCUT2D eigenvalue weighted by Gasteiger charge is -2.24. The van der Waals surface area contributed by atoms with Crippen molar-refractivity contribution in [3.8, 4) is 5.75 Å². The number of benzene rings is 1. The van der Waals surface area contributed by atoms with Gasteiger partial charge in [0.25, 0.3) is 0 Å². The van der Waals surface area contributed by atoms with Crippen LogP contribution in [0.2, 0.25) is 0 Å². The normalized spacial score (nSPS) is 14.3. The monoisotopic (exact) mass is 277 g/mol.